The summed E-state index contributed by atoms with van der Waals surface area (Å²) in [6.07, 6.45) is 4.15. The first kappa shape index (κ1) is 19.7. The molecule has 0 radical (unpaired) electrons. The van der Waals surface area contributed by atoms with E-state index in [1.54, 1.807) is 7.11 Å². The fourth-order valence-corrected chi connectivity index (χ4v) is 5.83. The minimum atomic E-state index is -0.898. The van der Waals surface area contributed by atoms with Crippen LogP contribution in [0, 0.1) is 0 Å². The summed E-state index contributed by atoms with van der Waals surface area (Å²) in [6.45, 7) is 6.22. The van der Waals surface area contributed by atoms with Crippen LogP contribution in [0.3, 0.4) is 0 Å². The number of aromatic nitrogens is 1. The fourth-order valence-electron chi connectivity index (χ4n) is 5.66. The van der Waals surface area contributed by atoms with Crippen molar-refractivity contribution in [2.75, 3.05) is 26.7 Å². The van der Waals surface area contributed by atoms with Gasteiger partial charge in [-0.15, -0.1) is 6.58 Å². The number of piperidine rings is 1. The maximum absolute atomic E-state index is 12.3. The summed E-state index contributed by atoms with van der Waals surface area (Å²) in [4.78, 5) is 5.93. The smallest absolute Gasteiger partial charge is 0.119 e. The molecule has 1 saturated heterocycles. The predicted molar refractivity (Wildman–Crippen MR) is 122 cm³/mol. The van der Waals surface area contributed by atoms with Gasteiger partial charge in [-0.2, -0.15) is 0 Å². The van der Waals surface area contributed by atoms with Gasteiger partial charge in [0.25, 0.3) is 0 Å². The quantitative estimate of drug-likeness (QED) is 0.609. The van der Waals surface area contributed by atoms with Gasteiger partial charge in [0.1, 0.15) is 5.75 Å². The third kappa shape index (κ3) is 2.89. The van der Waals surface area contributed by atoms with Crippen LogP contribution in [0.15, 0.2) is 55.1 Å². The second-order valence-corrected chi connectivity index (χ2v) is 9.18. The lowest BCUT2D eigenvalue weighted by Gasteiger charge is -2.56. The number of β-amino-alcohol motifs (C(OH)–C–C–N with tert-alkyl or cyclic N) is 1. The summed E-state index contributed by atoms with van der Waals surface area (Å²) in [5, 5.41) is 14.1. The zero-order chi connectivity index (χ0) is 20.9. The van der Waals surface area contributed by atoms with Gasteiger partial charge < -0.3 is 14.8 Å². The van der Waals surface area contributed by atoms with Gasteiger partial charge >= 0.3 is 0 Å². The van der Waals surface area contributed by atoms with Crippen LogP contribution in [0.1, 0.15) is 23.2 Å². The Morgan fingerprint density at radius 1 is 1.27 bits per heavy atom. The molecule has 1 aliphatic carbocycles. The van der Waals surface area contributed by atoms with Crippen LogP contribution in [0.25, 0.3) is 10.9 Å². The number of aromatic amines is 1. The number of hydrogen-bond acceptors (Lipinski definition) is 3. The Morgan fingerprint density at radius 2 is 2.13 bits per heavy atom. The lowest BCUT2D eigenvalue weighted by atomic mass is 9.56. The molecule has 2 aliphatic rings. The summed E-state index contributed by atoms with van der Waals surface area (Å²) < 4.78 is 5.52. The molecule has 0 amide bonds. The van der Waals surface area contributed by atoms with Crippen molar-refractivity contribution in [1.29, 1.82) is 0 Å². The van der Waals surface area contributed by atoms with E-state index in [9.17, 15) is 5.11 Å². The van der Waals surface area contributed by atoms with Gasteiger partial charge in [-0.1, -0.05) is 29.8 Å². The molecule has 1 aliphatic heterocycles. The monoisotopic (exact) mass is 422 g/mol. The van der Waals surface area contributed by atoms with Gasteiger partial charge in [-0.3, -0.25) is 4.90 Å². The molecular weight excluding hydrogens is 396 g/mol. The Labute approximate surface area is 182 Å². The molecule has 2 heterocycles. The highest BCUT2D eigenvalue weighted by molar-refractivity contribution is 6.31. The van der Waals surface area contributed by atoms with Gasteiger partial charge in [0.15, 0.2) is 0 Å². The van der Waals surface area contributed by atoms with Crippen LogP contribution >= 0.6 is 11.6 Å². The first-order valence-electron chi connectivity index (χ1n) is 10.5. The van der Waals surface area contributed by atoms with Crippen molar-refractivity contribution >= 4 is 22.5 Å². The molecule has 3 aromatic rings. The van der Waals surface area contributed by atoms with Gasteiger partial charge in [0, 0.05) is 53.0 Å². The molecule has 0 saturated carbocycles. The summed E-state index contributed by atoms with van der Waals surface area (Å²) in [5.74, 6) is 0.826. The van der Waals surface area contributed by atoms with Crippen LogP contribution in [-0.4, -0.2) is 47.3 Å². The SMILES string of the molecule is C=CCN1CCC2(c3cccc(OC)c3)Cc3[nH]c4ccc(Cl)cc4c3CC2(O)C1. The number of methoxy groups -OCH3 is 1. The highest BCUT2D eigenvalue weighted by Crippen LogP contribution is 2.51. The summed E-state index contributed by atoms with van der Waals surface area (Å²) in [6, 6.07) is 14.2. The van der Waals surface area contributed by atoms with E-state index >= 15 is 0 Å². The van der Waals surface area contributed by atoms with Crippen molar-refractivity contribution in [3.05, 3.63) is 77.0 Å². The molecule has 5 heteroatoms. The Hall–Kier alpha value is -2.27. The Morgan fingerprint density at radius 3 is 2.93 bits per heavy atom. The second kappa shape index (κ2) is 7.16. The molecule has 2 unspecified atom stereocenters. The van der Waals surface area contributed by atoms with E-state index in [2.05, 4.69) is 28.6 Å². The third-order valence-electron chi connectivity index (χ3n) is 7.14. The largest absolute Gasteiger partial charge is 0.497 e. The zero-order valence-electron chi connectivity index (χ0n) is 17.2. The number of rotatable bonds is 4. The van der Waals surface area contributed by atoms with Crippen LogP contribution in [0.4, 0.5) is 0 Å². The molecule has 4 nitrogen and oxygen atoms in total. The van der Waals surface area contributed by atoms with Crippen LogP contribution in [-0.2, 0) is 18.3 Å². The maximum atomic E-state index is 12.3. The Kier molecular flexibility index (Phi) is 4.69. The zero-order valence-corrected chi connectivity index (χ0v) is 18.0. The van der Waals surface area contributed by atoms with E-state index in [0.717, 1.165) is 53.2 Å². The highest BCUT2D eigenvalue weighted by Gasteiger charge is 2.57. The van der Waals surface area contributed by atoms with Crippen molar-refractivity contribution < 1.29 is 9.84 Å². The van der Waals surface area contributed by atoms with E-state index in [1.807, 2.05) is 36.4 Å². The molecule has 1 fully saturated rings. The van der Waals surface area contributed by atoms with E-state index in [0.29, 0.717) is 13.0 Å². The number of benzene rings is 2. The van der Waals surface area contributed by atoms with Crippen LogP contribution in [0.2, 0.25) is 5.02 Å². The molecule has 2 aromatic carbocycles. The van der Waals surface area contributed by atoms with Gasteiger partial charge in [-0.05, 0) is 54.4 Å². The average molecular weight is 423 g/mol. The second-order valence-electron chi connectivity index (χ2n) is 8.75. The van der Waals surface area contributed by atoms with E-state index in [4.69, 9.17) is 16.3 Å². The number of halogens is 1. The normalized spacial score (nSPS) is 26.2. The summed E-state index contributed by atoms with van der Waals surface area (Å²) in [7, 11) is 1.69. The summed E-state index contributed by atoms with van der Waals surface area (Å²) in [5.41, 5.74) is 3.34. The minimum Gasteiger partial charge on any atom is -0.497 e. The molecule has 0 spiro atoms. The standard InChI is InChI=1S/C25H27ClN2O2/c1-3-10-28-11-9-24(17-5-4-6-19(12-17)30-2)15-23-21(14-25(24,29)16-28)20-13-18(26)7-8-22(20)27-23/h3-8,12-13,27,29H,1,9-11,14-16H2,2H3. The van der Waals surface area contributed by atoms with E-state index in [-0.39, 0.29) is 5.41 Å². The number of ether oxygens (including phenoxy) is 1. The molecule has 0 bridgehead atoms. The predicted octanol–water partition coefficient (Wildman–Crippen LogP) is 4.49. The molecule has 30 heavy (non-hydrogen) atoms. The summed E-state index contributed by atoms with van der Waals surface area (Å²) >= 11 is 6.30. The number of likely N-dealkylation sites (tertiary alicyclic amines) is 1. The Balaban J connectivity index is 1.69. The van der Waals surface area contributed by atoms with Crippen LogP contribution in [0.5, 0.6) is 5.75 Å². The van der Waals surface area contributed by atoms with Crippen molar-refractivity contribution in [2.24, 2.45) is 0 Å². The number of nitrogens with one attached hydrogen (secondary N) is 1. The average Bonchev–Trinajstić information content (AvgIpc) is 3.07. The van der Waals surface area contributed by atoms with Crippen molar-refractivity contribution in [3.63, 3.8) is 0 Å². The van der Waals surface area contributed by atoms with Crippen molar-refractivity contribution in [3.8, 4) is 5.75 Å². The highest BCUT2D eigenvalue weighted by atomic mass is 35.5. The molecule has 1 aromatic heterocycles. The molecule has 2 atom stereocenters. The minimum absolute atomic E-state index is 0.378. The molecule has 5 rings (SSSR count). The third-order valence-corrected chi connectivity index (χ3v) is 7.38. The van der Waals surface area contributed by atoms with Crippen LogP contribution < -0.4 is 4.74 Å². The molecule has 156 valence electrons. The number of H-pyrrole nitrogens is 1. The first-order chi connectivity index (χ1) is 14.5. The number of aliphatic hydroxyl groups is 1. The number of hydrogen-bond donors (Lipinski definition) is 2. The van der Waals surface area contributed by atoms with E-state index in [1.165, 1.54) is 11.3 Å². The van der Waals surface area contributed by atoms with Gasteiger partial charge in [0.2, 0.25) is 0 Å². The maximum Gasteiger partial charge on any atom is 0.119 e. The molecular formula is C25H27ClN2O2. The first-order valence-corrected chi connectivity index (χ1v) is 10.8. The topological polar surface area (TPSA) is 48.5 Å². The fraction of sp³-hybridized carbons (Fsp3) is 0.360. The van der Waals surface area contributed by atoms with Gasteiger partial charge in [0.05, 0.1) is 12.7 Å². The van der Waals surface area contributed by atoms with Crippen molar-refractivity contribution in [1.82, 2.24) is 9.88 Å². The van der Waals surface area contributed by atoms with E-state index < -0.39 is 5.60 Å². The van der Waals surface area contributed by atoms with Crippen molar-refractivity contribution in [2.45, 2.75) is 30.3 Å². The lowest BCUT2D eigenvalue weighted by molar-refractivity contribution is -0.100. The number of nitrogens with zero attached hydrogens (tertiary/aromatic N) is 1. The lowest BCUT2D eigenvalue weighted by Crippen LogP contribution is -2.66. The van der Waals surface area contributed by atoms with Gasteiger partial charge in [-0.25, -0.2) is 0 Å². The Bertz CT molecular complexity index is 1120. The molecule has 2 N–H and O–H groups in total. The number of fused-ring (bicyclic) bond motifs is 4.